The van der Waals surface area contributed by atoms with Crippen LogP contribution in [0.2, 0.25) is 0 Å². The molecule has 0 spiro atoms. The van der Waals surface area contributed by atoms with Crippen LogP contribution in [0.3, 0.4) is 0 Å². The molecule has 0 unspecified atom stereocenters. The van der Waals surface area contributed by atoms with Crippen LogP contribution in [-0.2, 0) is 9.84 Å². The zero-order valence-corrected chi connectivity index (χ0v) is 12.7. The fraction of sp³-hybridized carbons (Fsp3) is 1.00. The van der Waals surface area contributed by atoms with E-state index in [0.717, 1.165) is 0 Å². The van der Waals surface area contributed by atoms with E-state index in [-0.39, 0.29) is 5.75 Å². The average Bonchev–Trinajstić information content (AvgIpc) is 2.01. The van der Waals surface area contributed by atoms with Gasteiger partial charge in [-0.2, -0.15) is 0 Å². The third kappa shape index (κ3) is 2.93. The van der Waals surface area contributed by atoms with E-state index < -0.39 is 23.9 Å². The van der Waals surface area contributed by atoms with Gasteiger partial charge in [0.05, 0.1) is 6.10 Å². The van der Waals surface area contributed by atoms with Gasteiger partial charge >= 0.3 is 0 Å². The molecule has 0 aliphatic rings. The van der Waals surface area contributed by atoms with Gasteiger partial charge < -0.3 is 5.11 Å². The number of aliphatic hydroxyl groups is 1. The number of hydrogen-bond donors (Lipinski definition) is 1. The van der Waals surface area contributed by atoms with E-state index in [1.807, 2.05) is 0 Å². The van der Waals surface area contributed by atoms with Crippen molar-refractivity contribution in [2.45, 2.75) is 36.4 Å². The van der Waals surface area contributed by atoms with Crippen molar-refractivity contribution in [1.29, 1.82) is 0 Å². The summed E-state index contributed by atoms with van der Waals surface area (Å²) in [6.45, 7) is 6.88. The highest BCUT2D eigenvalue weighted by Crippen LogP contribution is 2.43. The van der Waals surface area contributed by atoms with Crippen molar-refractivity contribution in [2.75, 3.05) is 5.75 Å². The second kappa shape index (κ2) is 4.39. The van der Waals surface area contributed by atoms with Crippen molar-refractivity contribution in [3.8, 4) is 0 Å². The van der Waals surface area contributed by atoms with Gasteiger partial charge in [0, 0.05) is 5.75 Å². The molecule has 86 valence electrons. The van der Waals surface area contributed by atoms with Gasteiger partial charge in [0.15, 0.2) is 9.84 Å². The molecular weight excluding hydrogens is 336 g/mol. The topological polar surface area (TPSA) is 54.4 Å². The number of aliphatic hydroxyl groups excluding tert-OH is 1. The van der Waals surface area contributed by atoms with E-state index in [2.05, 4.69) is 31.9 Å². The molecule has 0 heterocycles. The van der Waals surface area contributed by atoms with Crippen molar-refractivity contribution in [3.63, 3.8) is 0 Å². The van der Waals surface area contributed by atoms with Gasteiger partial charge in [-0.25, -0.2) is 8.42 Å². The lowest BCUT2D eigenvalue weighted by molar-refractivity contribution is 0.0721. The maximum atomic E-state index is 11.7. The van der Waals surface area contributed by atoms with Crippen LogP contribution in [0.5, 0.6) is 0 Å². The number of sulfone groups is 1. The molecule has 0 radical (unpaired) electrons. The molecule has 0 saturated heterocycles. The summed E-state index contributed by atoms with van der Waals surface area (Å²) in [4.78, 5) is 0. The van der Waals surface area contributed by atoms with Crippen molar-refractivity contribution in [2.24, 2.45) is 5.41 Å². The number of rotatable bonds is 3. The summed E-state index contributed by atoms with van der Waals surface area (Å²) in [6.07, 6.45) is -1.03. The predicted octanol–water partition coefficient (Wildman–Crippen LogP) is 2.27. The van der Waals surface area contributed by atoms with Gasteiger partial charge in [0.1, 0.15) is 0 Å². The molecule has 14 heavy (non-hydrogen) atoms. The summed E-state index contributed by atoms with van der Waals surface area (Å²) in [5.41, 5.74) is -0.519. The van der Waals surface area contributed by atoms with Crippen LogP contribution >= 0.6 is 31.9 Å². The molecule has 0 aromatic rings. The van der Waals surface area contributed by atoms with E-state index in [9.17, 15) is 13.5 Å². The average molecular weight is 352 g/mol. The predicted molar refractivity (Wildman–Crippen MR) is 65.5 cm³/mol. The maximum Gasteiger partial charge on any atom is 0.207 e. The van der Waals surface area contributed by atoms with Gasteiger partial charge in [0.2, 0.25) is 2.57 Å². The zero-order chi connectivity index (χ0) is 11.8. The van der Waals surface area contributed by atoms with E-state index in [4.69, 9.17) is 0 Å². The highest BCUT2D eigenvalue weighted by molar-refractivity contribution is 9.28. The molecule has 0 saturated carbocycles. The first-order valence-corrected chi connectivity index (χ1v) is 7.49. The lowest BCUT2D eigenvalue weighted by atomic mass is 9.90. The molecule has 0 aromatic heterocycles. The van der Waals surface area contributed by atoms with Crippen LogP contribution in [0.1, 0.15) is 27.7 Å². The maximum absolute atomic E-state index is 11.7. The Kier molecular flexibility index (Phi) is 4.67. The zero-order valence-electron chi connectivity index (χ0n) is 8.71. The molecule has 0 aliphatic heterocycles. The lowest BCUT2D eigenvalue weighted by Crippen LogP contribution is -2.46. The molecule has 0 rings (SSSR count). The summed E-state index contributed by atoms with van der Waals surface area (Å²) < 4.78 is 21.9. The van der Waals surface area contributed by atoms with E-state index >= 15 is 0 Å². The molecule has 0 bridgehead atoms. The highest BCUT2D eigenvalue weighted by Gasteiger charge is 2.49. The molecule has 3 nitrogen and oxygen atoms in total. The van der Waals surface area contributed by atoms with E-state index in [1.165, 1.54) is 0 Å². The number of halogens is 2. The second-order valence-corrected chi connectivity index (χ2v) is 11.3. The third-order valence-electron chi connectivity index (χ3n) is 1.93. The highest BCUT2D eigenvalue weighted by atomic mass is 79.9. The van der Waals surface area contributed by atoms with Crippen LogP contribution in [-0.4, -0.2) is 27.9 Å². The monoisotopic (exact) mass is 350 g/mol. The summed E-state index contributed by atoms with van der Waals surface area (Å²) in [5, 5.41) is 9.91. The fourth-order valence-electron chi connectivity index (χ4n) is 0.867. The van der Waals surface area contributed by atoms with Gasteiger partial charge in [0.25, 0.3) is 0 Å². The molecule has 1 atom stereocenters. The Hall–Kier alpha value is 0.870. The van der Waals surface area contributed by atoms with Crippen LogP contribution < -0.4 is 0 Å². The Balaban J connectivity index is 5.18. The standard InChI is InChI=1S/C8H16Br2O3S/c1-5-14(12,13)8(9,10)6(11)7(2,3)4/h6,11H,5H2,1-4H3/t6-/m1/s1. The first kappa shape index (κ1) is 14.9. The largest absolute Gasteiger partial charge is 0.389 e. The summed E-state index contributed by atoms with van der Waals surface area (Å²) in [6, 6.07) is 0. The SMILES string of the molecule is CCS(=O)(=O)C(Br)(Br)[C@H](O)C(C)(C)C. The van der Waals surface area contributed by atoms with Gasteiger partial charge in [-0.3, -0.25) is 0 Å². The van der Waals surface area contributed by atoms with Gasteiger partial charge in [-0.1, -0.05) is 59.6 Å². The summed E-state index contributed by atoms with van der Waals surface area (Å²) in [5.74, 6) is -0.0311. The second-order valence-electron chi connectivity index (χ2n) is 4.23. The first-order valence-electron chi connectivity index (χ1n) is 4.25. The minimum absolute atomic E-state index is 0.0311. The smallest absolute Gasteiger partial charge is 0.207 e. The molecule has 0 aromatic carbocycles. The molecule has 6 heteroatoms. The van der Waals surface area contributed by atoms with Crippen LogP contribution in [0, 0.1) is 5.41 Å². The molecule has 0 fully saturated rings. The number of alkyl halides is 2. The Bertz CT molecular complexity index is 290. The summed E-state index contributed by atoms with van der Waals surface area (Å²) >= 11 is 6.09. The molecule has 0 amide bonds. The van der Waals surface area contributed by atoms with Crippen LogP contribution in [0.4, 0.5) is 0 Å². The van der Waals surface area contributed by atoms with Crippen molar-refractivity contribution in [1.82, 2.24) is 0 Å². The summed E-state index contributed by atoms with van der Waals surface area (Å²) in [7, 11) is -3.40. The lowest BCUT2D eigenvalue weighted by Gasteiger charge is -2.35. The van der Waals surface area contributed by atoms with Crippen molar-refractivity contribution >= 4 is 41.7 Å². The quantitative estimate of drug-likeness (QED) is 0.793. The molecular formula is C8H16Br2O3S. The van der Waals surface area contributed by atoms with Crippen molar-refractivity contribution in [3.05, 3.63) is 0 Å². The minimum Gasteiger partial charge on any atom is -0.389 e. The normalized spacial score (nSPS) is 16.8. The fourth-order valence-corrected chi connectivity index (χ4v) is 4.69. The van der Waals surface area contributed by atoms with E-state index in [1.54, 1.807) is 27.7 Å². The minimum atomic E-state index is -3.40. The van der Waals surface area contributed by atoms with Gasteiger partial charge in [-0.05, 0) is 5.41 Å². The Labute approximate surface area is 102 Å². The van der Waals surface area contributed by atoms with Crippen molar-refractivity contribution < 1.29 is 13.5 Å². The number of hydrogen-bond acceptors (Lipinski definition) is 3. The van der Waals surface area contributed by atoms with Crippen LogP contribution in [0.25, 0.3) is 0 Å². The Morgan fingerprint density at radius 3 is 1.86 bits per heavy atom. The van der Waals surface area contributed by atoms with E-state index in [0.29, 0.717) is 0 Å². The van der Waals surface area contributed by atoms with Crippen LogP contribution in [0.15, 0.2) is 0 Å². The Morgan fingerprint density at radius 2 is 1.64 bits per heavy atom. The first-order chi connectivity index (χ1) is 5.97. The van der Waals surface area contributed by atoms with Gasteiger partial charge in [-0.15, -0.1) is 0 Å². The third-order valence-corrected chi connectivity index (χ3v) is 7.57. The Morgan fingerprint density at radius 1 is 1.29 bits per heavy atom. The molecule has 1 N–H and O–H groups in total. The molecule has 0 aliphatic carbocycles.